The molecule has 0 aromatic carbocycles. The smallest absolute Gasteiger partial charge is 0.308 e. The standard InChI is InChI=1S/C25H32O4/c1-15(28-16(2)26)21-8-9-22-20-7-6-18-14-19(29-17(3)27)10-12-24(18,4)23(20)11-13-25(21,22)5/h6-7,10,12,14-15,21-23H,8-9,11,13H2,1-5H3/t15-,21+,22-,23-,24-,25+/m0/s1. The zero-order chi connectivity index (χ0) is 21.0. The summed E-state index contributed by atoms with van der Waals surface area (Å²) < 4.78 is 10.9. The number of hydrogen-bond acceptors (Lipinski definition) is 4. The summed E-state index contributed by atoms with van der Waals surface area (Å²) in [5.74, 6) is 1.56. The first-order chi connectivity index (χ1) is 13.6. The lowest BCUT2D eigenvalue weighted by atomic mass is 9.52. The molecule has 29 heavy (non-hydrogen) atoms. The van der Waals surface area contributed by atoms with E-state index in [9.17, 15) is 9.59 Å². The molecular weight excluding hydrogens is 364 g/mol. The number of rotatable bonds is 3. The van der Waals surface area contributed by atoms with Crippen molar-refractivity contribution in [2.24, 2.45) is 28.6 Å². The molecule has 0 aromatic rings. The minimum Gasteiger partial charge on any atom is -0.463 e. The Balaban J connectivity index is 1.64. The van der Waals surface area contributed by atoms with Gasteiger partial charge in [0.15, 0.2) is 0 Å². The number of esters is 2. The molecule has 0 aromatic heterocycles. The third kappa shape index (κ3) is 3.21. The molecule has 4 heteroatoms. The molecule has 156 valence electrons. The van der Waals surface area contributed by atoms with Gasteiger partial charge in [-0.3, -0.25) is 9.59 Å². The van der Waals surface area contributed by atoms with Crippen LogP contribution in [0.1, 0.15) is 60.3 Å². The van der Waals surface area contributed by atoms with E-state index in [-0.39, 0.29) is 28.9 Å². The number of ether oxygens (including phenoxy) is 2. The number of carbonyl (C=O) groups is 2. The second-order valence-electron chi connectivity index (χ2n) is 9.69. The van der Waals surface area contributed by atoms with E-state index in [0.717, 1.165) is 25.7 Å². The van der Waals surface area contributed by atoms with E-state index >= 15 is 0 Å². The minimum atomic E-state index is -0.288. The molecule has 4 aliphatic carbocycles. The fraction of sp³-hybridized carbons (Fsp3) is 0.600. The van der Waals surface area contributed by atoms with Gasteiger partial charge in [0.25, 0.3) is 0 Å². The molecule has 0 amide bonds. The first-order valence-electron chi connectivity index (χ1n) is 10.8. The highest BCUT2D eigenvalue weighted by atomic mass is 16.5. The molecule has 0 radical (unpaired) electrons. The van der Waals surface area contributed by atoms with Gasteiger partial charge in [0.1, 0.15) is 11.9 Å². The van der Waals surface area contributed by atoms with Gasteiger partial charge in [-0.25, -0.2) is 0 Å². The Labute approximate surface area is 173 Å². The van der Waals surface area contributed by atoms with Crippen molar-refractivity contribution in [3.63, 3.8) is 0 Å². The molecule has 4 nitrogen and oxygen atoms in total. The highest BCUT2D eigenvalue weighted by Crippen LogP contribution is 2.64. The quantitative estimate of drug-likeness (QED) is 0.610. The fourth-order valence-electron chi connectivity index (χ4n) is 6.70. The topological polar surface area (TPSA) is 52.6 Å². The summed E-state index contributed by atoms with van der Waals surface area (Å²) in [6, 6.07) is 0. The predicted molar refractivity (Wildman–Crippen MR) is 112 cm³/mol. The van der Waals surface area contributed by atoms with Gasteiger partial charge in [0.05, 0.1) is 0 Å². The fourth-order valence-corrected chi connectivity index (χ4v) is 6.70. The second kappa shape index (κ2) is 7.00. The summed E-state index contributed by atoms with van der Waals surface area (Å²) in [5, 5.41) is 0. The first kappa shape index (κ1) is 20.2. The maximum absolute atomic E-state index is 11.5. The lowest BCUT2D eigenvalue weighted by Crippen LogP contribution is -2.45. The first-order valence-corrected chi connectivity index (χ1v) is 10.8. The highest BCUT2D eigenvalue weighted by Gasteiger charge is 2.56. The van der Waals surface area contributed by atoms with E-state index in [2.05, 4.69) is 39.0 Å². The molecule has 4 aliphatic rings. The molecule has 2 fully saturated rings. The van der Waals surface area contributed by atoms with Gasteiger partial charge in [-0.2, -0.15) is 0 Å². The molecule has 4 rings (SSSR count). The average molecular weight is 397 g/mol. The van der Waals surface area contributed by atoms with Crippen molar-refractivity contribution in [2.75, 3.05) is 0 Å². The average Bonchev–Trinajstić information content (AvgIpc) is 2.98. The van der Waals surface area contributed by atoms with Gasteiger partial charge >= 0.3 is 11.9 Å². The maximum Gasteiger partial charge on any atom is 0.308 e. The Morgan fingerprint density at radius 1 is 1.07 bits per heavy atom. The van der Waals surface area contributed by atoms with Crippen molar-refractivity contribution in [2.45, 2.75) is 66.4 Å². The number of allylic oxidation sites excluding steroid dienone is 7. The summed E-state index contributed by atoms with van der Waals surface area (Å²) in [6.45, 7) is 9.72. The van der Waals surface area contributed by atoms with Gasteiger partial charge in [-0.05, 0) is 67.6 Å². The van der Waals surface area contributed by atoms with Crippen LogP contribution in [0.2, 0.25) is 0 Å². The van der Waals surface area contributed by atoms with Crippen molar-refractivity contribution >= 4 is 11.9 Å². The molecule has 2 saturated carbocycles. The summed E-state index contributed by atoms with van der Waals surface area (Å²) in [4.78, 5) is 22.8. The van der Waals surface area contributed by atoms with Crippen LogP contribution in [0, 0.1) is 28.6 Å². The van der Waals surface area contributed by atoms with E-state index in [4.69, 9.17) is 9.47 Å². The van der Waals surface area contributed by atoms with Gasteiger partial charge < -0.3 is 9.47 Å². The number of hydrogen-bond donors (Lipinski definition) is 0. The van der Waals surface area contributed by atoms with Crippen molar-refractivity contribution in [3.05, 3.63) is 47.3 Å². The van der Waals surface area contributed by atoms with Crippen LogP contribution in [0.25, 0.3) is 0 Å². The Hall–Kier alpha value is -2.10. The van der Waals surface area contributed by atoms with Crippen LogP contribution in [-0.4, -0.2) is 18.0 Å². The zero-order valence-corrected chi connectivity index (χ0v) is 18.2. The molecule has 0 unspecified atom stereocenters. The van der Waals surface area contributed by atoms with E-state index in [1.165, 1.54) is 19.4 Å². The molecule has 0 bridgehead atoms. The van der Waals surface area contributed by atoms with Crippen molar-refractivity contribution in [1.82, 2.24) is 0 Å². The maximum atomic E-state index is 11.5. The molecule has 0 heterocycles. The molecule has 6 atom stereocenters. The van der Waals surface area contributed by atoms with Crippen LogP contribution in [0.4, 0.5) is 0 Å². The van der Waals surface area contributed by atoms with Crippen LogP contribution >= 0.6 is 0 Å². The Bertz CT molecular complexity index is 860. The summed E-state index contributed by atoms with van der Waals surface area (Å²) in [6.07, 6.45) is 15.2. The van der Waals surface area contributed by atoms with Crippen molar-refractivity contribution < 1.29 is 19.1 Å². The summed E-state index contributed by atoms with van der Waals surface area (Å²) in [5.41, 5.74) is 2.89. The Kier molecular flexibility index (Phi) is 4.87. The van der Waals surface area contributed by atoms with E-state index in [1.807, 2.05) is 12.2 Å². The summed E-state index contributed by atoms with van der Waals surface area (Å²) in [7, 11) is 0. The summed E-state index contributed by atoms with van der Waals surface area (Å²) >= 11 is 0. The lowest BCUT2D eigenvalue weighted by Gasteiger charge is -2.52. The monoisotopic (exact) mass is 396 g/mol. The minimum absolute atomic E-state index is 0.0336. The van der Waals surface area contributed by atoms with Gasteiger partial charge in [0.2, 0.25) is 0 Å². The third-order valence-electron chi connectivity index (χ3n) is 8.06. The second-order valence-corrected chi connectivity index (χ2v) is 9.69. The Morgan fingerprint density at radius 2 is 1.83 bits per heavy atom. The Morgan fingerprint density at radius 3 is 2.52 bits per heavy atom. The largest absolute Gasteiger partial charge is 0.463 e. The molecule has 0 aliphatic heterocycles. The third-order valence-corrected chi connectivity index (χ3v) is 8.06. The highest BCUT2D eigenvalue weighted by molar-refractivity contribution is 5.68. The zero-order valence-electron chi connectivity index (χ0n) is 18.2. The number of fused-ring (bicyclic) bond motifs is 5. The van der Waals surface area contributed by atoms with Crippen LogP contribution in [0.5, 0.6) is 0 Å². The molecule has 0 spiro atoms. The lowest BCUT2D eigenvalue weighted by molar-refractivity contribution is -0.150. The predicted octanol–water partition coefficient (Wildman–Crippen LogP) is 5.27. The van der Waals surface area contributed by atoms with Gasteiger partial charge in [-0.1, -0.05) is 37.6 Å². The molecular formula is C25H32O4. The van der Waals surface area contributed by atoms with E-state index in [1.54, 1.807) is 5.57 Å². The normalized spacial score (nSPS) is 38.5. The van der Waals surface area contributed by atoms with Crippen molar-refractivity contribution in [1.29, 1.82) is 0 Å². The van der Waals surface area contributed by atoms with Crippen LogP contribution in [0.3, 0.4) is 0 Å². The van der Waals surface area contributed by atoms with E-state index in [0.29, 0.717) is 23.5 Å². The van der Waals surface area contributed by atoms with Crippen LogP contribution in [0.15, 0.2) is 47.3 Å². The molecule has 0 N–H and O–H groups in total. The van der Waals surface area contributed by atoms with E-state index < -0.39 is 0 Å². The number of carbonyl (C=O) groups excluding carboxylic acids is 2. The van der Waals surface area contributed by atoms with Crippen LogP contribution < -0.4 is 0 Å². The van der Waals surface area contributed by atoms with Crippen molar-refractivity contribution in [3.8, 4) is 0 Å². The van der Waals surface area contributed by atoms with Gasteiger partial charge in [-0.15, -0.1) is 0 Å². The van der Waals surface area contributed by atoms with Gasteiger partial charge in [0, 0.05) is 25.2 Å². The SMILES string of the molecule is CC(=O)OC1=CC2=CC=C3[C@@H]4CC[C@H]([C@H](C)OC(C)=O)[C@@]4(C)CC[C@@H]3[C@@]2(C)C=C1. The van der Waals surface area contributed by atoms with Crippen LogP contribution in [-0.2, 0) is 19.1 Å². The molecule has 0 saturated heterocycles.